The summed E-state index contributed by atoms with van der Waals surface area (Å²) >= 11 is 5.61. The van der Waals surface area contributed by atoms with Gasteiger partial charge in [-0.05, 0) is 18.8 Å². The molecule has 1 unspecified atom stereocenters. The molecule has 0 aliphatic carbocycles. The number of halogens is 1. The van der Waals surface area contributed by atoms with E-state index in [9.17, 15) is 4.79 Å². The van der Waals surface area contributed by atoms with Crippen molar-refractivity contribution in [2.45, 2.75) is 25.7 Å². The fourth-order valence-corrected chi connectivity index (χ4v) is 2.11. The zero-order valence-corrected chi connectivity index (χ0v) is 10.9. The Hall–Kier alpha value is -1.07. The highest BCUT2D eigenvalue weighted by atomic mass is 35.5. The van der Waals surface area contributed by atoms with Crippen LogP contribution in [0.15, 0.2) is 10.6 Å². The molecular formula is C12H17ClN2O3. The second kappa shape index (κ2) is 6.75. The molecule has 0 radical (unpaired) electrons. The van der Waals surface area contributed by atoms with Crippen molar-refractivity contribution in [2.75, 3.05) is 19.8 Å². The molecule has 0 spiro atoms. The summed E-state index contributed by atoms with van der Waals surface area (Å²) in [5.74, 6) is 1.26. The van der Waals surface area contributed by atoms with Gasteiger partial charge in [-0.1, -0.05) is 16.8 Å². The highest BCUT2D eigenvalue weighted by Gasteiger charge is 2.15. The lowest BCUT2D eigenvalue weighted by atomic mass is 10.1. The third-order valence-corrected chi connectivity index (χ3v) is 3.21. The number of carbonyl (C=O) groups is 1. The lowest BCUT2D eigenvalue weighted by molar-refractivity contribution is -0.121. The van der Waals surface area contributed by atoms with Crippen LogP contribution in [0.25, 0.3) is 0 Å². The summed E-state index contributed by atoms with van der Waals surface area (Å²) in [7, 11) is 0. The molecule has 1 aliphatic rings. The van der Waals surface area contributed by atoms with Crippen molar-refractivity contribution in [2.24, 2.45) is 5.92 Å². The molecule has 0 bridgehead atoms. The van der Waals surface area contributed by atoms with E-state index in [2.05, 4.69) is 10.5 Å². The van der Waals surface area contributed by atoms with E-state index in [0.29, 0.717) is 36.2 Å². The minimum Gasteiger partial charge on any atom is -0.381 e. The fraction of sp³-hybridized carbons (Fsp3) is 0.667. The number of aryl methyl sites for hydroxylation is 1. The molecule has 2 heterocycles. The van der Waals surface area contributed by atoms with Gasteiger partial charge >= 0.3 is 0 Å². The van der Waals surface area contributed by atoms with Crippen molar-refractivity contribution in [1.29, 1.82) is 0 Å². The topological polar surface area (TPSA) is 64.4 Å². The molecule has 0 saturated carbocycles. The van der Waals surface area contributed by atoms with Crippen LogP contribution in [0.5, 0.6) is 0 Å². The number of carbonyl (C=O) groups excluding carboxylic acids is 1. The van der Waals surface area contributed by atoms with Gasteiger partial charge in [-0.3, -0.25) is 4.79 Å². The standard InChI is InChI=1S/C12H17ClN2O3/c13-11-7-10(18-15-11)1-2-12(16)14-5-3-9-4-6-17-8-9/h7,9H,1-6,8H2,(H,14,16). The van der Waals surface area contributed by atoms with Crippen LogP contribution in [0.4, 0.5) is 0 Å². The molecule has 6 heteroatoms. The molecule has 0 aromatic carbocycles. The minimum absolute atomic E-state index is 0.0291. The van der Waals surface area contributed by atoms with E-state index < -0.39 is 0 Å². The highest BCUT2D eigenvalue weighted by molar-refractivity contribution is 6.29. The van der Waals surface area contributed by atoms with Gasteiger partial charge < -0.3 is 14.6 Å². The third kappa shape index (κ3) is 4.31. The molecule has 1 aliphatic heterocycles. The van der Waals surface area contributed by atoms with Gasteiger partial charge in [0, 0.05) is 38.7 Å². The molecule has 1 fully saturated rings. The van der Waals surface area contributed by atoms with Crippen LogP contribution in [0.2, 0.25) is 5.15 Å². The van der Waals surface area contributed by atoms with Crippen LogP contribution in [0.1, 0.15) is 25.0 Å². The molecule has 2 rings (SSSR count). The number of hydrogen-bond acceptors (Lipinski definition) is 4. The van der Waals surface area contributed by atoms with E-state index in [1.54, 1.807) is 6.07 Å². The van der Waals surface area contributed by atoms with Gasteiger partial charge in [0.2, 0.25) is 5.91 Å². The summed E-state index contributed by atoms with van der Waals surface area (Å²) in [6, 6.07) is 1.63. The summed E-state index contributed by atoms with van der Waals surface area (Å²) in [6.45, 7) is 2.39. The Morgan fingerprint density at radius 2 is 2.50 bits per heavy atom. The Balaban J connectivity index is 1.57. The van der Waals surface area contributed by atoms with Crippen LogP contribution in [-0.2, 0) is 16.0 Å². The summed E-state index contributed by atoms with van der Waals surface area (Å²) in [4.78, 5) is 11.6. The first-order chi connectivity index (χ1) is 8.74. The molecule has 18 heavy (non-hydrogen) atoms. The molecule has 1 aromatic rings. The normalized spacial score (nSPS) is 19.1. The van der Waals surface area contributed by atoms with Crippen LogP contribution < -0.4 is 5.32 Å². The number of nitrogens with one attached hydrogen (secondary N) is 1. The van der Waals surface area contributed by atoms with Crippen molar-refractivity contribution in [3.05, 3.63) is 17.0 Å². The van der Waals surface area contributed by atoms with E-state index in [1.807, 2.05) is 0 Å². The average Bonchev–Trinajstić information content (AvgIpc) is 2.98. The second-order valence-electron chi connectivity index (χ2n) is 4.48. The van der Waals surface area contributed by atoms with Crippen LogP contribution in [-0.4, -0.2) is 30.8 Å². The van der Waals surface area contributed by atoms with Gasteiger partial charge in [-0.15, -0.1) is 0 Å². The number of nitrogens with zero attached hydrogens (tertiary/aromatic N) is 1. The zero-order valence-electron chi connectivity index (χ0n) is 10.2. The number of amides is 1. The van der Waals surface area contributed by atoms with Gasteiger partial charge in [0.15, 0.2) is 5.15 Å². The SMILES string of the molecule is O=C(CCc1cc(Cl)no1)NCCC1CCOC1. The van der Waals surface area contributed by atoms with E-state index in [0.717, 1.165) is 26.1 Å². The van der Waals surface area contributed by atoms with Crippen molar-refractivity contribution < 1.29 is 14.1 Å². The smallest absolute Gasteiger partial charge is 0.220 e. The Bertz CT molecular complexity index is 388. The number of ether oxygens (including phenoxy) is 1. The largest absolute Gasteiger partial charge is 0.381 e. The zero-order chi connectivity index (χ0) is 12.8. The molecule has 1 aromatic heterocycles. The summed E-state index contributed by atoms with van der Waals surface area (Å²) in [5.41, 5.74) is 0. The molecular weight excluding hydrogens is 256 g/mol. The van der Waals surface area contributed by atoms with Crippen LogP contribution in [0.3, 0.4) is 0 Å². The minimum atomic E-state index is 0.0291. The van der Waals surface area contributed by atoms with Crippen LogP contribution >= 0.6 is 11.6 Å². The van der Waals surface area contributed by atoms with E-state index in [-0.39, 0.29) is 5.91 Å². The van der Waals surface area contributed by atoms with Crippen molar-refractivity contribution in [1.82, 2.24) is 10.5 Å². The van der Waals surface area contributed by atoms with Gasteiger partial charge in [0.1, 0.15) is 5.76 Å². The van der Waals surface area contributed by atoms with Crippen molar-refractivity contribution >= 4 is 17.5 Å². The maximum absolute atomic E-state index is 11.6. The van der Waals surface area contributed by atoms with Gasteiger partial charge in [0.05, 0.1) is 0 Å². The van der Waals surface area contributed by atoms with Gasteiger partial charge in [-0.25, -0.2) is 0 Å². The maximum atomic E-state index is 11.6. The average molecular weight is 273 g/mol. The Labute approximate surface area is 111 Å². The monoisotopic (exact) mass is 272 g/mol. The van der Waals surface area contributed by atoms with Crippen molar-refractivity contribution in [3.63, 3.8) is 0 Å². The van der Waals surface area contributed by atoms with E-state index in [4.69, 9.17) is 20.9 Å². The summed E-state index contributed by atoms with van der Waals surface area (Å²) in [6.07, 6.45) is 3.01. The lowest BCUT2D eigenvalue weighted by Crippen LogP contribution is -2.26. The molecule has 100 valence electrons. The molecule has 1 saturated heterocycles. The van der Waals surface area contributed by atoms with Gasteiger partial charge in [0.25, 0.3) is 0 Å². The first-order valence-corrected chi connectivity index (χ1v) is 6.57. The molecule has 1 atom stereocenters. The third-order valence-electron chi connectivity index (χ3n) is 3.03. The Morgan fingerprint density at radius 3 is 3.17 bits per heavy atom. The first-order valence-electron chi connectivity index (χ1n) is 6.19. The van der Waals surface area contributed by atoms with Gasteiger partial charge in [-0.2, -0.15) is 0 Å². The van der Waals surface area contributed by atoms with Crippen molar-refractivity contribution in [3.8, 4) is 0 Å². The predicted octanol–water partition coefficient (Wildman–Crippen LogP) is 1.80. The Morgan fingerprint density at radius 1 is 1.61 bits per heavy atom. The van der Waals surface area contributed by atoms with E-state index in [1.165, 1.54) is 0 Å². The lowest BCUT2D eigenvalue weighted by Gasteiger charge is -2.08. The highest BCUT2D eigenvalue weighted by Crippen LogP contribution is 2.15. The first kappa shape index (κ1) is 13.4. The second-order valence-corrected chi connectivity index (χ2v) is 4.87. The Kier molecular flexibility index (Phi) is 5.01. The van der Waals surface area contributed by atoms with E-state index >= 15 is 0 Å². The molecule has 1 amide bonds. The summed E-state index contributed by atoms with van der Waals surface area (Å²) in [5, 5.41) is 6.78. The summed E-state index contributed by atoms with van der Waals surface area (Å²) < 4.78 is 10.2. The molecule has 5 nitrogen and oxygen atoms in total. The number of aromatic nitrogens is 1. The predicted molar refractivity (Wildman–Crippen MR) is 66.4 cm³/mol. The maximum Gasteiger partial charge on any atom is 0.220 e. The number of hydrogen-bond donors (Lipinski definition) is 1. The molecule has 1 N–H and O–H groups in total. The number of rotatable bonds is 6. The fourth-order valence-electron chi connectivity index (χ4n) is 1.96. The quantitative estimate of drug-likeness (QED) is 0.858. The van der Waals surface area contributed by atoms with Crippen LogP contribution in [0, 0.1) is 5.92 Å².